The number of amides is 1. The first-order chi connectivity index (χ1) is 10.7. The summed E-state index contributed by atoms with van der Waals surface area (Å²) in [6.07, 6.45) is -1.61. The zero-order chi connectivity index (χ0) is 15.8. The average molecular weight is 298 g/mol. The second kappa shape index (κ2) is 7.95. The van der Waals surface area contributed by atoms with Crippen LogP contribution in [0.5, 0.6) is 0 Å². The van der Waals surface area contributed by atoms with Gasteiger partial charge in [-0.3, -0.25) is 0 Å². The van der Waals surface area contributed by atoms with Crippen molar-refractivity contribution in [1.29, 1.82) is 0 Å². The van der Waals surface area contributed by atoms with Crippen LogP contribution in [0, 0.1) is 0 Å². The Morgan fingerprint density at radius 2 is 1.73 bits per heavy atom. The number of hydrazone groups is 1. The molecule has 0 bridgehead atoms. The molecule has 2 aromatic carbocycles. The first-order valence-electron chi connectivity index (χ1n) is 7.01. The number of aliphatic hydroxyl groups excluding tert-OH is 1. The number of carbonyl (C=O) groups is 1. The largest absolute Gasteiger partial charge is 0.449 e. The fourth-order valence-electron chi connectivity index (χ4n) is 1.95. The van der Waals surface area contributed by atoms with Crippen molar-refractivity contribution < 1.29 is 14.6 Å². The van der Waals surface area contributed by atoms with Gasteiger partial charge in [-0.2, -0.15) is 5.10 Å². The molecule has 2 rings (SSSR count). The van der Waals surface area contributed by atoms with Gasteiger partial charge in [-0.25, -0.2) is 10.2 Å². The lowest BCUT2D eigenvalue weighted by atomic mass is 9.99. The Kier molecular flexibility index (Phi) is 5.68. The highest BCUT2D eigenvalue weighted by molar-refractivity contribution is 6.04. The Morgan fingerprint density at radius 1 is 1.14 bits per heavy atom. The molecule has 0 saturated carbocycles. The molecule has 2 N–H and O–H groups in total. The zero-order valence-electron chi connectivity index (χ0n) is 12.3. The molecule has 5 nitrogen and oxygen atoms in total. The van der Waals surface area contributed by atoms with E-state index in [0.29, 0.717) is 11.3 Å². The van der Waals surface area contributed by atoms with Gasteiger partial charge in [0.2, 0.25) is 0 Å². The van der Waals surface area contributed by atoms with E-state index in [0.717, 1.165) is 5.56 Å². The van der Waals surface area contributed by atoms with E-state index in [-0.39, 0.29) is 6.61 Å². The van der Waals surface area contributed by atoms with Gasteiger partial charge in [0.25, 0.3) is 0 Å². The van der Waals surface area contributed by atoms with E-state index in [4.69, 9.17) is 4.74 Å². The van der Waals surface area contributed by atoms with Gasteiger partial charge in [0.05, 0.1) is 6.61 Å². The number of nitrogens with one attached hydrogen (secondary N) is 1. The van der Waals surface area contributed by atoms with Crippen molar-refractivity contribution in [3.63, 3.8) is 0 Å². The third kappa shape index (κ3) is 4.17. The molecule has 114 valence electrons. The molecule has 22 heavy (non-hydrogen) atoms. The molecule has 1 atom stereocenters. The second-order valence-electron chi connectivity index (χ2n) is 4.51. The van der Waals surface area contributed by atoms with Gasteiger partial charge < -0.3 is 9.84 Å². The van der Waals surface area contributed by atoms with E-state index in [2.05, 4.69) is 10.5 Å². The van der Waals surface area contributed by atoms with Crippen molar-refractivity contribution in [1.82, 2.24) is 5.43 Å². The molecule has 0 aromatic heterocycles. The van der Waals surface area contributed by atoms with Crippen LogP contribution in [-0.2, 0) is 4.74 Å². The van der Waals surface area contributed by atoms with Crippen LogP contribution in [0.2, 0.25) is 0 Å². The van der Waals surface area contributed by atoms with Gasteiger partial charge >= 0.3 is 6.09 Å². The first-order valence-corrected chi connectivity index (χ1v) is 7.01. The monoisotopic (exact) mass is 298 g/mol. The van der Waals surface area contributed by atoms with Gasteiger partial charge in [-0.1, -0.05) is 60.7 Å². The van der Waals surface area contributed by atoms with Crippen molar-refractivity contribution in [3.05, 3.63) is 71.8 Å². The van der Waals surface area contributed by atoms with Crippen LogP contribution in [-0.4, -0.2) is 23.5 Å². The second-order valence-corrected chi connectivity index (χ2v) is 4.51. The SMILES string of the molecule is CCOC(=O)N/N=C(/c1ccccc1)[C@@H](O)c1ccccc1. The van der Waals surface area contributed by atoms with Gasteiger partial charge in [-0.05, 0) is 12.5 Å². The van der Waals surface area contributed by atoms with E-state index in [1.165, 1.54) is 0 Å². The number of nitrogens with zero attached hydrogens (tertiary/aromatic N) is 1. The van der Waals surface area contributed by atoms with Crippen LogP contribution in [0.15, 0.2) is 65.8 Å². The molecule has 0 spiro atoms. The summed E-state index contributed by atoms with van der Waals surface area (Å²) in [7, 11) is 0. The van der Waals surface area contributed by atoms with Crippen LogP contribution in [0.25, 0.3) is 0 Å². The minimum atomic E-state index is -0.953. The Labute approximate surface area is 129 Å². The molecule has 0 aliphatic rings. The van der Waals surface area contributed by atoms with Gasteiger partial charge in [0, 0.05) is 5.56 Å². The molecular formula is C17H18N2O3. The third-order valence-electron chi connectivity index (χ3n) is 2.99. The summed E-state index contributed by atoms with van der Waals surface area (Å²) in [5.74, 6) is 0. The summed E-state index contributed by atoms with van der Waals surface area (Å²) in [5, 5.41) is 14.6. The summed E-state index contributed by atoms with van der Waals surface area (Å²) in [4.78, 5) is 11.4. The van der Waals surface area contributed by atoms with Crippen LogP contribution in [0.1, 0.15) is 24.2 Å². The molecule has 1 amide bonds. The number of hydrogen-bond donors (Lipinski definition) is 2. The van der Waals surface area contributed by atoms with Crippen molar-refractivity contribution in [3.8, 4) is 0 Å². The zero-order valence-corrected chi connectivity index (χ0v) is 12.3. The maximum Gasteiger partial charge on any atom is 0.427 e. The Balaban J connectivity index is 2.30. The highest BCUT2D eigenvalue weighted by Crippen LogP contribution is 2.18. The summed E-state index contributed by atoms with van der Waals surface area (Å²) in [6, 6.07) is 18.3. The van der Waals surface area contributed by atoms with Crippen molar-refractivity contribution in [2.24, 2.45) is 5.10 Å². The topological polar surface area (TPSA) is 70.9 Å². The molecule has 0 unspecified atom stereocenters. The smallest absolute Gasteiger partial charge is 0.427 e. The maximum atomic E-state index is 11.4. The molecule has 5 heteroatoms. The highest BCUT2D eigenvalue weighted by atomic mass is 16.5. The number of hydrogen-bond acceptors (Lipinski definition) is 4. The quantitative estimate of drug-likeness (QED) is 0.658. The minimum Gasteiger partial charge on any atom is -0.449 e. The van der Waals surface area contributed by atoms with E-state index >= 15 is 0 Å². The predicted octanol–water partition coefficient (Wildman–Crippen LogP) is 2.87. The first kappa shape index (κ1) is 15.7. The van der Waals surface area contributed by atoms with E-state index < -0.39 is 12.2 Å². The molecule has 0 aliphatic carbocycles. The van der Waals surface area contributed by atoms with E-state index in [9.17, 15) is 9.90 Å². The average Bonchev–Trinajstić information content (AvgIpc) is 2.57. The van der Waals surface area contributed by atoms with Crippen molar-refractivity contribution in [2.45, 2.75) is 13.0 Å². The predicted molar refractivity (Wildman–Crippen MR) is 84.5 cm³/mol. The molecule has 0 saturated heterocycles. The fraction of sp³-hybridized carbons (Fsp3) is 0.176. The van der Waals surface area contributed by atoms with Gasteiger partial charge in [0.15, 0.2) is 0 Å². The summed E-state index contributed by atoms with van der Waals surface area (Å²) < 4.78 is 4.77. The van der Waals surface area contributed by atoms with Crippen LogP contribution in [0.3, 0.4) is 0 Å². The molecule has 0 fully saturated rings. The van der Waals surface area contributed by atoms with Crippen molar-refractivity contribution >= 4 is 11.8 Å². The molecular weight excluding hydrogens is 280 g/mol. The van der Waals surface area contributed by atoms with Crippen LogP contribution in [0.4, 0.5) is 4.79 Å². The lowest BCUT2D eigenvalue weighted by molar-refractivity contribution is 0.152. The normalized spacial score (nSPS) is 12.5. The summed E-state index contributed by atoms with van der Waals surface area (Å²) in [6.45, 7) is 1.96. The van der Waals surface area contributed by atoms with Crippen LogP contribution >= 0.6 is 0 Å². The lowest BCUT2D eigenvalue weighted by Gasteiger charge is -2.14. The summed E-state index contributed by atoms with van der Waals surface area (Å²) in [5.41, 5.74) is 4.06. The molecule has 0 radical (unpaired) electrons. The molecule has 0 aliphatic heterocycles. The number of ether oxygens (including phenoxy) is 1. The number of rotatable bonds is 5. The van der Waals surface area contributed by atoms with Gasteiger partial charge in [-0.15, -0.1) is 0 Å². The Bertz CT molecular complexity index is 627. The number of aliphatic hydroxyl groups is 1. The Morgan fingerprint density at radius 3 is 2.32 bits per heavy atom. The van der Waals surface area contributed by atoms with Crippen LogP contribution < -0.4 is 5.43 Å². The Hall–Kier alpha value is -2.66. The van der Waals surface area contributed by atoms with Gasteiger partial charge in [0.1, 0.15) is 11.8 Å². The minimum absolute atomic E-state index is 0.253. The lowest BCUT2D eigenvalue weighted by Crippen LogP contribution is -2.24. The third-order valence-corrected chi connectivity index (χ3v) is 2.99. The van der Waals surface area contributed by atoms with E-state index in [1.54, 1.807) is 19.1 Å². The molecule has 2 aromatic rings. The highest BCUT2D eigenvalue weighted by Gasteiger charge is 2.17. The summed E-state index contributed by atoms with van der Waals surface area (Å²) >= 11 is 0. The number of benzene rings is 2. The standard InChI is InChI=1S/C17H18N2O3/c1-2-22-17(21)19-18-15(13-9-5-3-6-10-13)16(20)14-11-7-4-8-12-14/h3-12,16,20H,2H2,1H3,(H,19,21)/b18-15-/t16-/m0/s1. The fourth-order valence-corrected chi connectivity index (χ4v) is 1.95. The van der Waals surface area contributed by atoms with Crippen molar-refractivity contribution in [2.75, 3.05) is 6.61 Å². The van der Waals surface area contributed by atoms with E-state index in [1.807, 2.05) is 48.5 Å². The molecule has 0 heterocycles. The maximum absolute atomic E-state index is 11.4. The number of carbonyl (C=O) groups excluding carboxylic acids is 1.